The Kier molecular flexibility index (Phi) is 9.63. The Morgan fingerprint density at radius 1 is 1.26 bits per heavy atom. The number of nitrogens with one attached hydrogen (secondary N) is 2. The van der Waals surface area contributed by atoms with Crippen LogP contribution in [0.4, 0.5) is 9.93 Å². The third kappa shape index (κ3) is 7.73. The second kappa shape index (κ2) is 12.5. The minimum atomic E-state index is -1.36. The largest absolute Gasteiger partial charge is 0.477 e. The van der Waals surface area contributed by atoms with Crippen LogP contribution >= 0.6 is 23.3 Å². The van der Waals surface area contributed by atoms with Crippen LogP contribution in [-0.4, -0.2) is 91.4 Å². The van der Waals surface area contributed by atoms with E-state index in [4.69, 9.17) is 14.3 Å². The van der Waals surface area contributed by atoms with Gasteiger partial charge >= 0.3 is 12.1 Å². The highest BCUT2D eigenvalue weighted by Gasteiger charge is 2.49. The molecule has 0 radical (unpaired) electrons. The van der Waals surface area contributed by atoms with Crippen LogP contribution in [0.3, 0.4) is 0 Å². The van der Waals surface area contributed by atoms with Crippen molar-refractivity contribution in [1.29, 1.82) is 0 Å². The summed E-state index contributed by atoms with van der Waals surface area (Å²) in [6, 6.07) is 0. The number of hydrogen-bond donors (Lipinski definition) is 3. The summed E-state index contributed by atoms with van der Waals surface area (Å²) in [7, 11) is 1.21. The maximum atomic E-state index is 13.3. The molecule has 1 saturated heterocycles. The number of carboxylic acids is 1. The molecular weight excluding hydrogens is 556 g/mol. The lowest BCUT2D eigenvalue weighted by Gasteiger charge is -2.46. The number of aromatic nitrogens is 2. The second-order valence-electron chi connectivity index (χ2n) is 9.27. The van der Waals surface area contributed by atoms with E-state index in [1.807, 2.05) is 0 Å². The van der Waals surface area contributed by atoms with Gasteiger partial charge in [-0.25, -0.2) is 9.59 Å². The van der Waals surface area contributed by atoms with Crippen LogP contribution < -0.4 is 10.6 Å². The summed E-state index contributed by atoms with van der Waals surface area (Å²) in [5.41, 5.74) is -1.24. The van der Waals surface area contributed by atoms with Gasteiger partial charge in [-0.1, -0.05) is 5.16 Å². The van der Waals surface area contributed by atoms with E-state index < -0.39 is 34.3 Å². The lowest BCUT2D eigenvalue weighted by atomic mass is 10.1. The van der Waals surface area contributed by atoms with Crippen molar-refractivity contribution >= 4 is 63.8 Å². The summed E-state index contributed by atoms with van der Waals surface area (Å²) in [5, 5.41) is 17.3. The van der Waals surface area contributed by atoms with Gasteiger partial charge in [-0.05, 0) is 27.7 Å². The zero-order chi connectivity index (χ0) is 28.9. The monoisotopic (exact) mass is 584 g/mol. The standard InChI is InChI=1S/C22H28N6O9S2/c1-10(29)6-7-36-9-11-15(19(32)33)28-12(30)8-13(28)38-18(11)24-17(31)14(26-35-5)16-23-20(39-27-16)25-21(34)37-22(2,3)4/h13,18H,6-9H2,1-5H3,(H,24,31)(H,32,33)(H,23,25,27,34)/b26-14-. The summed E-state index contributed by atoms with van der Waals surface area (Å²) >= 11 is 1.93. The van der Waals surface area contributed by atoms with Gasteiger partial charge in [-0.2, -0.15) is 9.36 Å². The number of hydrogen-bond acceptors (Lipinski definition) is 13. The maximum Gasteiger partial charge on any atom is 0.414 e. The van der Waals surface area contributed by atoms with Gasteiger partial charge in [0.15, 0.2) is 0 Å². The fourth-order valence-corrected chi connectivity index (χ4v) is 5.38. The van der Waals surface area contributed by atoms with Crippen molar-refractivity contribution in [2.45, 2.75) is 56.9 Å². The van der Waals surface area contributed by atoms with Crippen LogP contribution in [0.15, 0.2) is 16.4 Å². The van der Waals surface area contributed by atoms with Crippen LogP contribution in [0.5, 0.6) is 0 Å². The maximum absolute atomic E-state index is 13.3. The number of carbonyl (C=O) groups excluding carboxylic acids is 4. The van der Waals surface area contributed by atoms with Crippen molar-refractivity contribution in [2.24, 2.45) is 5.16 Å². The number of rotatable bonds is 11. The Labute approximate surface area is 231 Å². The van der Waals surface area contributed by atoms with Crippen molar-refractivity contribution in [3.05, 3.63) is 17.1 Å². The molecule has 3 amide bonds. The Bertz CT molecular complexity index is 1220. The van der Waals surface area contributed by atoms with Crippen LogP contribution in [0.2, 0.25) is 0 Å². The first-order chi connectivity index (χ1) is 18.3. The number of anilines is 1. The van der Waals surface area contributed by atoms with E-state index in [0.29, 0.717) is 0 Å². The van der Waals surface area contributed by atoms with E-state index in [-0.39, 0.29) is 65.7 Å². The number of aliphatic carboxylic acids is 1. The lowest BCUT2D eigenvalue weighted by Crippen LogP contribution is -2.58. The molecule has 0 saturated carbocycles. The normalized spacial score (nSPS) is 19.2. The van der Waals surface area contributed by atoms with E-state index in [1.165, 1.54) is 14.0 Å². The number of amides is 3. The molecule has 2 aliphatic heterocycles. The third-order valence-corrected chi connectivity index (χ3v) is 7.02. The molecule has 3 rings (SSSR count). The molecule has 0 bridgehead atoms. The molecule has 2 atom stereocenters. The molecule has 0 aromatic carbocycles. The predicted molar refractivity (Wildman–Crippen MR) is 139 cm³/mol. The zero-order valence-corrected chi connectivity index (χ0v) is 23.4. The SMILES string of the molecule is CO/N=C(\C(=O)NC1SC2CC(=O)N2C(C(=O)O)=C1COCCC(C)=O)c1nsc(NC(=O)OC(C)(C)C)n1. The molecular formula is C22H28N6O9S2. The average Bonchev–Trinajstić information content (AvgIpc) is 3.26. The van der Waals surface area contributed by atoms with Crippen molar-refractivity contribution < 1.29 is 43.4 Å². The number of nitrogens with zero attached hydrogens (tertiary/aromatic N) is 4. The molecule has 17 heteroatoms. The van der Waals surface area contributed by atoms with E-state index in [0.717, 1.165) is 28.2 Å². The topological polar surface area (TPSA) is 199 Å². The molecule has 3 N–H and O–H groups in total. The van der Waals surface area contributed by atoms with Crippen molar-refractivity contribution in [2.75, 3.05) is 25.6 Å². The molecule has 1 fully saturated rings. The highest BCUT2D eigenvalue weighted by molar-refractivity contribution is 8.00. The van der Waals surface area contributed by atoms with Gasteiger partial charge in [0.25, 0.3) is 5.91 Å². The summed E-state index contributed by atoms with van der Waals surface area (Å²) in [5.74, 6) is -2.80. The fraction of sp³-hybridized carbons (Fsp3) is 0.545. The predicted octanol–water partition coefficient (Wildman–Crippen LogP) is 1.32. The van der Waals surface area contributed by atoms with Gasteiger partial charge in [0.05, 0.1) is 25.0 Å². The summed E-state index contributed by atoms with van der Waals surface area (Å²) < 4.78 is 14.7. The van der Waals surface area contributed by atoms with Gasteiger partial charge in [0.2, 0.25) is 22.6 Å². The highest BCUT2D eigenvalue weighted by atomic mass is 32.2. The van der Waals surface area contributed by atoms with E-state index in [9.17, 15) is 29.1 Å². The number of ketones is 1. The Balaban J connectivity index is 1.82. The Hall–Kier alpha value is -3.57. The Morgan fingerprint density at radius 3 is 2.56 bits per heavy atom. The first kappa shape index (κ1) is 30.0. The number of ether oxygens (including phenoxy) is 2. The van der Waals surface area contributed by atoms with Crippen LogP contribution in [-0.2, 0) is 33.5 Å². The molecule has 0 spiro atoms. The number of β-lactam (4-membered cyclic amide) rings is 1. The van der Waals surface area contributed by atoms with Crippen molar-refractivity contribution in [3.63, 3.8) is 0 Å². The van der Waals surface area contributed by atoms with Crippen molar-refractivity contribution in [3.8, 4) is 0 Å². The molecule has 1 aromatic heterocycles. The number of fused-ring (bicyclic) bond motifs is 1. The number of thioether (sulfide) groups is 1. The van der Waals surface area contributed by atoms with Crippen LogP contribution in [0.1, 0.15) is 46.4 Å². The highest BCUT2D eigenvalue weighted by Crippen LogP contribution is 2.43. The molecule has 2 unspecified atom stereocenters. The first-order valence-corrected chi connectivity index (χ1v) is 13.3. The molecule has 39 heavy (non-hydrogen) atoms. The van der Waals surface area contributed by atoms with Gasteiger partial charge in [0, 0.05) is 23.5 Å². The minimum Gasteiger partial charge on any atom is -0.477 e. The second-order valence-corrected chi connectivity index (χ2v) is 11.3. The van der Waals surface area contributed by atoms with Gasteiger partial charge < -0.3 is 24.7 Å². The van der Waals surface area contributed by atoms with Crippen molar-refractivity contribution in [1.82, 2.24) is 19.6 Å². The minimum absolute atomic E-state index is 0.0288. The van der Waals surface area contributed by atoms with Crippen LogP contribution in [0, 0.1) is 0 Å². The fourth-order valence-electron chi connectivity index (χ4n) is 3.41. The quantitative estimate of drug-likeness (QED) is 0.146. The molecule has 2 aliphatic rings. The molecule has 0 aliphatic carbocycles. The number of Topliss-reactive ketones (excluding diaryl/α,β-unsaturated/α-hetero) is 1. The summed E-state index contributed by atoms with van der Waals surface area (Å²) in [6.07, 6.45) is -0.553. The first-order valence-electron chi connectivity index (χ1n) is 11.6. The Morgan fingerprint density at radius 2 is 1.97 bits per heavy atom. The van der Waals surface area contributed by atoms with Gasteiger partial charge in [-0.15, -0.1) is 11.8 Å². The van der Waals surface area contributed by atoms with E-state index >= 15 is 0 Å². The van der Waals surface area contributed by atoms with E-state index in [2.05, 4.69) is 25.1 Å². The van der Waals surface area contributed by atoms with Crippen LogP contribution in [0.25, 0.3) is 0 Å². The number of carboxylic acid groups (broad SMARTS) is 1. The average molecular weight is 585 g/mol. The van der Waals surface area contributed by atoms with Gasteiger partial charge in [-0.3, -0.25) is 24.6 Å². The number of oxime groups is 1. The molecule has 3 heterocycles. The molecule has 212 valence electrons. The smallest absolute Gasteiger partial charge is 0.414 e. The molecule has 1 aromatic rings. The summed E-state index contributed by atoms with van der Waals surface area (Å²) in [4.78, 5) is 70.9. The number of carbonyl (C=O) groups is 5. The lowest BCUT2D eigenvalue weighted by molar-refractivity contribution is -0.146. The zero-order valence-electron chi connectivity index (χ0n) is 21.8. The molecule has 15 nitrogen and oxygen atoms in total. The summed E-state index contributed by atoms with van der Waals surface area (Å²) in [6.45, 7) is 6.26. The van der Waals surface area contributed by atoms with Gasteiger partial charge in [0.1, 0.15) is 29.6 Å². The van der Waals surface area contributed by atoms with E-state index in [1.54, 1.807) is 20.8 Å². The third-order valence-electron chi connectivity index (χ3n) is 5.02.